The summed E-state index contributed by atoms with van der Waals surface area (Å²) >= 11 is 6.07. The van der Waals surface area contributed by atoms with Crippen molar-refractivity contribution in [1.82, 2.24) is 9.78 Å². The molecule has 0 fully saturated rings. The van der Waals surface area contributed by atoms with E-state index in [1.807, 2.05) is 13.8 Å². The van der Waals surface area contributed by atoms with E-state index in [0.29, 0.717) is 11.4 Å². The molecule has 0 spiro atoms. The van der Waals surface area contributed by atoms with Gasteiger partial charge < -0.3 is 4.74 Å². The van der Waals surface area contributed by atoms with Crippen molar-refractivity contribution in [2.45, 2.75) is 32.8 Å². The minimum Gasteiger partial charge on any atom is -0.374 e. The average molecular weight is 245 g/mol. The molecule has 1 rings (SSSR count). The number of aryl methyl sites for hydroxylation is 2. The van der Waals surface area contributed by atoms with Gasteiger partial charge in [0.2, 0.25) is 0 Å². The van der Waals surface area contributed by atoms with Gasteiger partial charge in [-0.25, -0.2) is 0 Å². The number of nitrogens with zero attached hydrogens (tertiary/aromatic N) is 2. The molecule has 1 unspecified atom stereocenters. The average Bonchev–Trinajstić information content (AvgIpc) is 2.47. The van der Waals surface area contributed by atoms with Crippen LogP contribution in [0.5, 0.6) is 0 Å². The van der Waals surface area contributed by atoms with E-state index < -0.39 is 0 Å². The standard InChI is InChI=1S/C11H17ClN2O2/c1-5-10(16-4)9(15)6-8-11(12)7(2)13-14(8)3/h10H,5-6H2,1-4H3. The number of methoxy groups -OCH3 is 1. The van der Waals surface area contributed by atoms with Crippen molar-refractivity contribution in [1.29, 1.82) is 0 Å². The lowest BCUT2D eigenvalue weighted by atomic mass is 10.1. The van der Waals surface area contributed by atoms with Crippen molar-refractivity contribution in [3.05, 3.63) is 16.4 Å². The molecule has 0 aromatic carbocycles. The summed E-state index contributed by atoms with van der Waals surface area (Å²) in [5.41, 5.74) is 1.50. The van der Waals surface area contributed by atoms with Crippen molar-refractivity contribution in [3.63, 3.8) is 0 Å². The number of hydrogen-bond donors (Lipinski definition) is 0. The highest BCUT2D eigenvalue weighted by Gasteiger charge is 2.20. The Morgan fingerprint density at radius 1 is 1.62 bits per heavy atom. The molecule has 1 aromatic rings. The molecule has 5 heteroatoms. The summed E-state index contributed by atoms with van der Waals surface area (Å²) in [5, 5.41) is 4.74. The van der Waals surface area contributed by atoms with E-state index >= 15 is 0 Å². The molecule has 1 heterocycles. The normalized spacial score (nSPS) is 12.8. The summed E-state index contributed by atoms with van der Waals surface area (Å²) < 4.78 is 6.75. The van der Waals surface area contributed by atoms with Crippen LogP contribution in [-0.4, -0.2) is 28.8 Å². The zero-order valence-electron chi connectivity index (χ0n) is 10.1. The van der Waals surface area contributed by atoms with Crippen LogP contribution in [0.4, 0.5) is 0 Å². The van der Waals surface area contributed by atoms with Gasteiger partial charge in [0.05, 0.1) is 22.8 Å². The summed E-state index contributed by atoms with van der Waals surface area (Å²) in [7, 11) is 3.33. The van der Waals surface area contributed by atoms with E-state index in [4.69, 9.17) is 16.3 Å². The molecule has 0 aliphatic carbocycles. The molecule has 4 nitrogen and oxygen atoms in total. The Bertz CT molecular complexity index is 384. The molecule has 1 atom stereocenters. The Kier molecular flexibility index (Phi) is 4.50. The maximum atomic E-state index is 11.9. The first-order chi connectivity index (χ1) is 7.51. The minimum atomic E-state index is -0.355. The van der Waals surface area contributed by atoms with Gasteiger partial charge in [0.25, 0.3) is 0 Å². The zero-order valence-corrected chi connectivity index (χ0v) is 10.8. The van der Waals surface area contributed by atoms with Crippen LogP contribution in [-0.2, 0) is 23.0 Å². The lowest BCUT2D eigenvalue weighted by Crippen LogP contribution is -2.24. The van der Waals surface area contributed by atoms with Crippen molar-refractivity contribution in [3.8, 4) is 0 Å². The SMILES string of the molecule is CCC(OC)C(=O)Cc1c(Cl)c(C)nn1C. The molecule has 90 valence electrons. The van der Waals surface area contributed by atoms with E-state index in [2.05, 4.69) is 5.10 Å². The Balaban J connectivity index is 2.84. The maximum absolute atomic E-state index is 11.9. The third kappa shape index (κ3) is 2.62. The number of hydrogen-bond acceptors (Lipinski definition) is 3. The van der Waals surface area contributed by atoms with Crippen LogP contribution in [0.3, 0.4) is 0 Å². The highest BCUT2D eigenvalue weighted by atomic mass is 35.5. The number of aromatic nitrogens is 2. The first kappa shape index (κ1) is 13.2. The van der Waals surface area contributed by atoms with Gasteiger partial charge in [-0.2, -0.15) is 5.10 Å². The minimum absolute atomic E-state index is 0.0369. The molecule has 1 aromatic heterocycles. The molecule has 0 aliphatic rings. The maximum Gasteiger partial charge on any atom is 0.167 e. The molecule has 0 saturated heterocycles. The van der Waals surface area contributed by atoms with E-state index in [-0.39, 0.29) is 18.3 Å². The predicted molar refractivity (Wildman–Crippen MR) is 62.8 cm³/mol. The van der Waals surface area contributed by atoms with Gasteiger partial charge in [-0.3, -0.25) is 9.48 Å². The smallest absolute Gasteiger partial charge is 0.167 e. The third-order valence-corrected chi connectivity index (χ3v) is 3.11. The van der Waals surface area contributed by atoms with E-state index in [9.17, 15) is 4.79 Å². The summed E-state index contributed by atoms with van der Waals surface area (Å²) in [6.07, 6.45) is 0.582. The fraction of sp³-hybridized carbons (Fsp3) is 0.636. The van der Waals surface area contributed by atoms with Gasteiger partial charge in [0.1, 0.15) is 6.10 Å². The third-order valence-electron chi connectivity index (χ3n) is 2.62. The van der Waals surface area contributed by atoms with E-state index in [0.717, 1.165) is 11.4 Å². The van der Waals surface area contributed by atoms with Gasteiger partial charge in [0, 0.05) is 14.2 Å². The fourth-order valence-corrected chi connectivity index (χ4v) is 1.90. The first-order valence-electron chi connectivity index (χ1n) is 5.24. The Morgan fingerprint density at radius 3 is 2.62 bits per heavy atom. The summed E-state index contributed by atoms with van der Waals surface area (Å²) in [6, 6.07) is 0. The van der Waals surface area contributed by atoms with Crippen molar-refractivity contribution >= 4 is 17.4 Å². The number of rotatable bonds is 5. The number of carbonyl (C=O) groups is 1. The molecule has 16 heavy (non-hydrogen) atoms. The number of Topliss-reactive ketones (excluding diaryl/α,β-unsaturated/α-hetero) is 1. The Morgan fingerprint density at radius 2 is 2.25 bits per heavy atom. The molecular formula is C11H17ClN2O2. The largest absolute Gasteiger partial charge is 0.374 e. The predicted octanol–water partition coefficient (Wildman–Crippen LogP) is 1.92. The number of ketones is 1. The van der Waals surface area contributed by atoms with Gasteiger partial charge in [-0.05, 0) is 13.3 Å². The number of carbonyl (C=O) groups excluding carboxylic acids is 1. The van der Waals surface area contributed by atoms with Crippen molar-refractivity contribution in [2.75, 3.05) is 7.11 Å². The van der Waals surface area contributed by atoms with Gasteiger partial charge in [0.15, 0.2) is 5.78 Å². The second-order valence-corrected chi connectivity index (χ2v) is 4.12. The second kappa shape index (κ2) is 5.46. The van der Waals surface area contributed by atoms with Gasteiger partial charge >= 0.3 is 0 Å². The number of halogens is 1. The number of ether oxygens (including phenoxy) is 1. The van der Waals surface area contributed by atoms with E-state index in [1.54, 1.807) is 18.8 Å². The molecular weight excluding hydrogens is 228 g/mol. The molecule has 0 N–H and O–H groups in total. The summed E-state index contributed by atoms with van der Waals surface area (Å²) in [6.45, 7) is 3.74. The molecule has 0 bridgehead atoms. The molecule has 0 saturated carbocycles. The fourth-order valence-electron chi connectivity index (χ4n) is 1.68. The van der Waals surface area contributed by atoms with Gasteiger partial charge in [-0.15, -0.1) is 0 Å². The highest BCUT2D eigenvalue weighted by Crippen LogP contribution is 2.20. The van der Waals surface area contributed by atoms with Crippen LogP contribution in [0.25, 0.3) is 0 Å². The highest BCUT2D eigenvalue weighted by molar-refractivity contribution is 6.32. The van der Waals surface area contributed by atoms with Crippen LogP contribution in [0, 0.1) is 6.92 Å². The zero-order chi connectivity index (χ0) is 12.3. The topological polar surface area (TPSA) is 44.1 Å². The summed E-state index contributed by atoms with van der Waals surface area (Å²) in [4.78, 5) is 11.9. The van der Waals surface area contributed by atoms with Crippen molar-refractivity contribution in [2.24, 2.45) is 7.05 Å². The lowest BCUT2D eigenvalue weighted by Gasteiger charge is -2.11. The van der Waals surface area contributed by atoms with Gasteiger partial charge in [-0.1, -0.05) is 18.5 Å². The van der Waals surface area contributed by atoms with Crippen molar-refractivity contribution < 1.29 is 9.53 Å². The monoisotopic (exact) mass is 244 g/mol. The van der Waals surface area contributed by atoms with E-state index in [1.165, 1.54) is 0 Å². The second-order valence-electron chi connectivity index (χ2n) is 3.75. The van der Waals surface area contributed by atoms with Crippen LogP contribution in [0.15, 0.2) is 0 Å². The van der Waals surface area contributed by atoms with Crippen LogP contribution < -0.4 is 0 Å². The molecule has 0 amide bonds. The molecule has 0 radical (unpaired) electrons. The lowest BCUT2D eigenvalue weighted by molar-refractivity contribution is -0.128. The van der Waals surface area contributed by atoms with Crippen LogP contribution in [0.2, 0.25) is 5.02 Å². The summed E-state index contributed by atoms with van der Waals surface area (Å²) in [5.74, 6) is 0.0369. The Hall–Kier alpha value is -0.870. The molecule has 0 aliphatic heterocycles. The first-order valence-corrected chi connectivity index (χ1v) is 5.62. The Labute approximate surface area is 101 Å². The van der Waals surface area contributed by atoms with Crippen LogP contribution in [0.1, 0.15) is 24.7 Å². The van der Waals surface area contributed by atoms with Crippen LogP contribution >= 0.6 is 11.6 Å². The quantitative estimate of drug-likeness (QED) is 0.795.